The summed E-state index contributed by atoms with van der Waals surface area (Å²) in [5, 5.41) is 3.45. The Morgan fingerprint density at radius 1 is 1.24 bits per heavy atom. The third-order valence-corrected chi connectivity index (χ3v) is 4.24. The monoisotopic (exact) mass is 240 g/mol. The molecule has 0 radical (unpaired) electrons. The highest BCUT2D eigenvalue weighted by Crippen LogP contribution is 2.28. The SMILES string of the molecule is CNC1CCCC1CN(C)CCOCC1CC1. The maximum atomic E-state index is 5.69. The summed E-state index contributed by atoms with van der Waals surface area (Å²) in [5.74, 6) is 1.73. The molecule has 0 aliphatic heterocycles. The van der Waals surface area contributed by atoms with Gasteiger partial charge in [0.25, 0.3) is 0 Å². The van der Waals surface area contributed by atoms with Crippen LogP contribution in [0.15, 0.2) is 0 Å². The molecule has 0 saturated heterocycles. The molecule has 2 atom stereocenters. The Hall–Kier alpha value is -0.120. The molecule has 2 rings (SSSR count). The molecule has 0 spiro atoms. The number of likely N-dealkylation sites (N-methyl/N-ethyl adjacent to an activating group) is 1. The lowest BCUT2D eigenvalue weighted by atomic mass is 10.0. The second-order valence-electron chi connectivity index (χ2n) is 5.87. The van der Waals surface area contributed by atoms with E-state index in [0.29, 0.717) is 0 Å². The molecule has 1 N–H and O–H groups in total. The van der Waals surface area contributed by atoms with E-state index in [9.17, 15) is 0 Å². The van der Waals surface area contributed by atoms with Crippen LogP contribution < -0.4 is 5.32 Å². The first-order chi connectivity index (χ1) is 8.29. The Morgan fingerprint density at radius 2 is 2.06 bits per heavy atom. The van der Waals surface area contributed by atoms with Crippen molar-refractivity contribution in [3.05, 3.63) is 0 Å². The maximum Gasteiger partial charge on any atom is 0.0593 e. The van der Waals surface area contributed by atoms with Crippen molar-refractivity contribution in [3.8, 4) is 0 Å². The van der Waals surface area contributed by atoms with E-state index in [-0.39, 0.29) is 0 Å². The van der Waals surface area contributed by atoms with Crippen molar-refractivity contribution < 1.29 is 4.74 Å². The Labute approximate surface area is 106 Å². The molecule has 0 aromatic heterocycles. The van der Waals surface area contributed by atoms with Gasteiger partial charge in [-0.15, -0.1) is 0 Å². The van der Waals surface area contributed by atoms with Crippen LogP contribution in [0, 0.1) is 11.8 Å². The molecule has 2 fully saturated rings. The number of hydrogen-bond donors (Lipinski definition) is 1. The first-order valence-corrected chi connectivity index (χ1v) is 7.23. The summed E-state index contributed by atoms with van der Waals surface area (Å²) in [6, 6.07) is 0.741. The van der Waals surface area contributed by atoms with Gasteiger partial charge in [-0.05, 0) is 51.6 Å². The summed E-state index contributed by atoms with van der Waals surface area (Å²) in [4.78, 5) is 2.44. The summed E-state index contributed by atoms with van der Waals surface area (Å²) < 4.78 is 5.69. The topological polar surface area (TPSA) is 24.5 Å². The molecule has 2 aliphatic rings. The van der Waals surface area contributed by atoms with Gasteiger partial charge in [-0.2, -0.15) is 0 Å². The lowest BCUT2D eigenvalue weighted by molar-refractivity contribution is 0.0980. The van der Waals surface area contributed by atoms with Gasteiger partial charge in [0.2, 0.25) is 0 Å². The predicted octanol–water partition coefficient (Wildman–Crippen LogP) is 1.73. The van der Waals surface area contributed by atoms with Crippen molar-refractivity contribution in [1.29, 1.82) is 0 Å². The van der Waals surface area contributed by atoms with Crippen LogP contribution in [0.3, 0.4) is 0 Å². The van der Waals surface area contributed by atoms with E-state index < -0.39 is 0 Å². The van der Waals surface area contributed by atoms with E-state index in [1.165, 1.54) is 38.6 Å². The highest BCUT2D eigenvalue weighted by Gasteiger charge is 2.26. The van der Waals surface area contributed by atoms with Crippen LogP contribution in [-0.2, 0) is 4.74 Å². The first kappa shape index (κ1) is 13.3. The molecule has 2 aliphatic carbocycles. The number of hydrogen-bond acceptors (Lipinski definition) is 3. The Kier molecular flexibility index (Phi) is 5.26. The van der Waals surface area contributed by atoms with Gasteiger partial charge in [0, 0.05) is 25.7 Å². The first-order valence-electron chi connectivity index (χ1n) is 7.23. The highest BCUT2D eigenvalue weighted by atomic mass is 16.5. The molecule has 0 aromatic carbocycles. The van der Waals surface area contributed by atoms with E-state index in [0.717, 1.165) is 37.6 Å². The van der Waals surface area contributed by atoms with Crippen LogP contribution in [0.5, 0.6) is 0 Å². The van der Waals surface area contributed by atoms with Gasteiger partial charge in [-0.3, -0.25) is 0 Å². The van der Waals surface area contributed by atoms with E-state index in [4.69, 9.17) is 4.74 Å². The standard InChI is InChI=1S/C14H28N2O/c1-15-14-5-3-4-13(14)10-16(2)8-9-17-11-12-6-7-12/h12-15H,3-11H2,1-2H3. The number of nitrogens with zero attached hydrogens (tertiary/aromatic N) is 1. The summed E-state index contributed by atoms with van der Waals surface area (Å²) >= 11 is 0. The van der Waals surface area contributed by atoms with Gasteiger partial charge in [0.05, 0.1) is 6.61 Å². The van der Waals surface area contributed by atoms with E-state index in [1.807, 2.05) is 0 Å². The van der Waals surface area contributed by atoms with Gasteiger partial charge in [-0.1, -0.05) is 6.42 Å². The fraction of sp³-hybridized carbons (Fsp3) is 1.00. The third-order valence-electron chi connectivity index (χ3n) is 4.24. The molecule has 100 valence electrons. The minimum Gasteiger partial charge on any atom is -0.380 e. The second-order valence-corrected chi connectivity index (χ2v) is 5.87. The number of nitrogens with one attached hydrogen (secondary N) is 1. The van der Waals surface area contributed by atoms with E-state index in [2.05, 4.69) is 24.3 Å². The fourth-order valence-electron chi connectivity index (χ4n) is 2.88. The van der Waals surface area contributed by atoms with Crippen molar-refractivity contribution in [2.45, 2.75) is 38.1 Å². The molecule has 2 unspecified atom stereocenters. The average Bonchev–Trinajstić information content (AvgIpc) is 3.04. The van der Waals surface area contributed by atoms with Crippen molar-refractivity contribution in [1.82, 2.24) is 10.2 Å². The van der Waals surface area contributed by atoms with Gasteiger partial charge in [-0.25, -0.2) is 0 Å². The van der Waals surface area contributed by atoms with Gasteiger partial charge in [0.15, 0.2) is 0 Å². The highest BCUT2D eigenvalue weighted by molar-refractivity contribution is 4.83. The lowest BCUT2D eigenvalue weighted by Crippen LogP contribution is -2.37. The zero-order valence-electron chi connectivity index (χ0n) is 11.5. The predicted molar refractivity (Wildman–Crippen MR) is 71.2 cm³/mol. The van der Waals surface area contributed by atoms with Crippen molar-refractivity contribution >= 4 is 0 Å². The molecular weight excluding hydrogens is 212 g/mol. The fourth-order valence-corrected chi connectivity index (χ4v) is 2.88. The van der Waals surface area contributed by atoms with Crippen LogP contribution >= 0.6 is 0 Å². The van der Waals surface area contributed by atoms with Crippen molar-refractivity contribution in [2.24, 2.45) is 11.8 Å². The Balaban J connectivity index is 1.54. The molecule has 3 nitrogen and oxygen atoms in total. The van der Waals surface area contributed by atoms with E-state index >= 15 is 0 Å². The zero-order valence-corrected chi connectivity index (χ0v) is 11.5. The van der Waals surface area contributed by atoms with Crippen molar-refractivity contribution in [3.63, 3.8) is 0 Å². The minimum atomic E-state index is 0.741. The van der Waals surface area contributed by atoms with Gasteiger partial charge in [0.1, 0.15) is 0 Å². The summed E-state index contributed by atoms with van der Waals surface area (Å²) in [5.41, 5.74) is 0. The normalized spacial score (nSPS) is 29.1. The summed E-state index contributed by atoms with van der Waals surface area (Å²) in [7, 11) is 4.33. The third kappa shape index (κ3) is 4.57. The van der Waals surface area contributed by atoms with Crippen LogP contribution in [0.25, 0.3) is 0 Å². The van der Waals surface area contributed by atoms with E-state index in [1.54, 1.807) is 0 Å². The van der Waals surface area contributed by atoms with Crippen LogP contribution in [0.4, 0.5) is 0 Å². The zero-order chi connectivity index (χ0) is 12.1. The van der Waals surface area contributed by atoms with Crippen LogP contribution in [0.2, 0.25) is 0 Å². The minimum absolute atomic E-state index is 0.741. The molecule has 17 heavy (non-hydrogen) atoms. The maximum absolute atomic E-state index is 5.69. The Bertz CT molecular complexity index is 218. The van der Waals surface area contributed by atoms with Crippen LogP contribution in [-0.4, -0.2) is 51.3 Å². The molecule has 0 aromatic rings. The number of ether oxygens (including phenoxy) is 1. The summed E-state index contributed by atoms with van der Waals surface area (Å²) in [6.07, 6.45) is 6.91. The second kappa shape index (κ2) is 6.72. The van der Waals surface area contributed by atoms with Gasteiger partial charge >= 0.3 is 0 Å². The Morgan fingerprint density at radius 3 is 2.76 bits per heavy atom. The molecular formula is C14H28N2O. The molecule has 0 heterocycles. The molecule has 0 bridgehead atoms. The molecule has 2 saturated carbocycles. The average molecular weight is 240 g/mol. The quantitative estimate of drug-likeness (QED) is 0.654. The largest absolute Gasteiger partial charge is 0.380 e. The number of rotatable bonds is 8. The smallest absolute Gasteiger partial charge is 0.0593 e. The van der Waals surface area contributed by atoms with Crippen LogP contribution in [0.1, 0.15) is 32.1 Å². The molecule has 3 heteroatoms. The lowest BCUT2D eigenvalue weighted by Gasteiger charge is -2.25. The molecule has 0 amide bonds. The van der Waals surface area contributed by atoms with Crippen molar-refractivity contribution in [2.75, 3.05) is 40.4 Å². The van der Waals surface area contributed by atoms with Gasteiger partial charge < -0.3 is 15.0 Å². The summed E-state index contributed by atoms with van der Waals surface area (Å²) in [6.45, 7) is 4.21.